The first-order chi connectivity index (χ1) is 9.69. The highest BCUT2D eigenvalue weighted by molar-refractivity contribution is 9.10. The van der Waals surface area contributed by atoms with Crippen LogP contribution >= 0.6 is 27.5 Å². The fourth-order valence-electron chi connectivity index (χ4n) is 1.67. The Balaban J connectivity index is 1.81. The Labute approximate surface area is 131 Å². The summed E-state index contributed by atoms with van der Waals surface area (Å²) in [5.41, 5.74) is 6.63. The van der Waals surface area contributed by atoms with Gasteiger partial charge in [-0.1, -0.05) is 23.7 Å². The first kappa shape index (κ1) is 15.2. The quantitative estimate of drug-likeness (QED) is 0.795. The third-order valence-corrected chi connectivity index (χ3v) is 3.49. The molecule has 0 saturated heterocycles. The molecule has 0 aliphatic carbocycles. The lowest BCUT2D eigenvalue weighted by molar-refractivity contribution is 0.216. The largest absolute Gasteiger partial charge is 0.490 e. The average molecular weight is 357 g/mol. The molecule has 0 aromatic heterocycles. The van der Waals surface area contributed by atoms with E-state index in [0.29, 0.717) is 24.8 Å². The van der Waals surface area contributed by atoms with Gasteiger partial charge in [0.15, 0.2) is 0 Å². The zero-order chi connectivity index (χ0) is 14.4. The molecule has 0 amide bonds. The van der Waals surface area contributed by atoms with Crippen molar-refractivity contribution in [3.63, 3.8) is 0 Å². The maximum atomic E-state index is 5.87. The Bertz CT molecular complexity index is 578. The van der Waals surface area contributed by atoms with Crippen LogP contribution in [-0.2, 0) is 6.54 Å². The lowest BCUT2D eigenvalue weighted by Crippen LogP contribution is -2.09. The molecule has 0 aliphatic rings. The molecule has 5 heteroatoms. The van der Waals surface area contributed by atoms with Crippen molar-refractivity contribution in [3.05, 3.63) is 57.5 Å². The smallest absolute Gasteiger partial charge is 0.133 e. The van der Waals surface area contributed by atoms with Crippen LogP contribution in [0.2, 0.25) is 5.02 Å². The van der Waals surface area contributed by atoms with Crippen molar-refractivity contribution in [2.75, 3.05) is 13.2 Å². The van der Waals surface area contributed by atoms with Crippen LogP contribution in [0.15, 0.2) is 46.9 Å². The van der Waals surface area contributed by atoms with Crippen molar-refractivity contribution < 1.29 is 9.47 Å². The molecule has 0 aliphatic heterocycles. The summed E-state index contributed by atoms with van der Waals surface area (Å²) in [6.45, 7) is 1.42. The summed E-state index contributed by atoms with van der Waals surface area (Å²) in [6, 6.07) is 13.1. The van der Waals surface area contributed by atoms with Crippen LogP contribution in [0, 0.1) is 0 Å². The Kier molecular flexibility index (Phi) is 5.71. The number of rotatable bonds is 6. The van der Waals surface area contributed by atoms with E-state index in [2.05, 4.69) is 15.9 Å². The molecular formula is C15H15BrClNO2. The monoisotopic (exact) mass is 355 g/mol. The van der Waals surface area contributed by atoms with E-state index in [1.165, 1.54) is 0 Å². The van der Waals surface area contributed by atoms with Crippen molar-refractivity contribution in [3.8, 4) is 11.5 Å². The third-order valence-electron chi connectivity index (χ3n) is 2.64. The third kappa shape index (κ3) is 4.40. The Morgan fingerprint density at radius 3 is 2.60 bits per heavy atom. The summed E-state index contributed by atoms with van der Waals surface area (Å²) in [5, 5.41) is 0.666. The second-order valence-electron chi connectivity index (χ2n) is 4.12. The molecule has 0 radical (unpaired) electrons. The van der Waals surface area contributed by atoms with Crippen molar-refractivity contribution >= 4 is 27.5 Å². The first-order valence-electron chi connectivity index (χ1n) is 6.18. The van der Waals surface area contributed by atoms with Gasteiger partial charge in [0.05, 0.1) is 4.47 Å². The van der Waals surface area contributed by atoms with Crippen LogP contribution < -0.4 is 15.2 Å². The van der Waals surface area contributed by atoms with Gasteiger partial charge >= 0.3 is 0 Å². The molecule has 0 unspecified atom stereocenters. The highest BCUT2D eigenvalue weighted by atomic mass is 79.9. The summed E-state index contributed by atoms with van der Waals surface area (Å²) in [4.78, 5) is 0. The molecule has 0 saturated carbocycles. The number of ether oxygens (including phenoxy) is 2. The van der Waals surface area contributed by atoms with E-state index in [4.69, 9.17) is 26.8 Å². The first-order valence-corrected chi connectivity index (χ1v) is 7.36. The van der Waals surface area contributed by atoms with Crippen LogP contribution in [0.3, 0.4) is 0 Å². The minimum absolute atomic E-state index is 0.451. The van der Waals surface area contributed by atoms with Crippen molar-refractivity contribution in [2.45, 2.75) is 6.54 Å². The number of hydrogen-bond donors (Lipinski definition) is 1. The molecule has 3 nitrogen and oxygen atoms in total. The van der Waals surface area contributed by atoms with Gasteiger partial charge < -0.3 is 15.2 Å². The molecule has 2 rings (SSSR count). The Morgan fingerprint density at radius 2 is 1.85 bits per heavy atom. The number of hydrogen-bond acceptors (Lipinski definition) is 3. The van der Waals surface area contributed by atoms with Gasteiger partial charge in [0.2, 0.25) is 0 Å². The minimum atomic E-state index is 0.451. The van der Waals surface area contributed by atoms with E-state index in [9.17, 15) is 0 Å². The van der Waals surface area contributed by atoms with Crippen LogP contribution in [0.1, 0.15) is 5.56 Å². The van der Waals surface area contributed by atoms with E-state index in [1.54, 1.807) is 12.1 Å². The molecule has 2 aromatic rings. The zero-order valence-corrected chi connectivity index (χ0v) is 13.2. The van der Waals surface area contributed by atoms with Crippen molar-refractivity contribution in [2.24, 2.45) is 5.73 Å². The SMILES string of the molecule is NCc1cccc(OCCOc2ccc(Cl)cc2Br)c1. The normalized spacial score (nSPS) is 10.3. The maximum Gasteiger partial charge on any atom is 0.133 e. The van der Waals surface area contributed by atoms with Crippen LogP contribution in [0.4, 0.5) is 0 Å². The maximum absolute atomic E-state index is 5.87. The van der Waals surface area contributed by atoms with E-state index in [-0.39, 0.29) is 0 Å². The molecule has 106 valence electrons. The standard InChI is InChI=1S/C15H15BrClNO2/c16-14-9-12(17)4-5-15(14)20-7-6-19-13-3-1-2-11(8-13)10-18/h1-5,8-9H,6-7,10,18H2. The van der Waals surface area contributed by atoms with Gasteiger partial charge in [-0.3, -0.25) is 0 Å². The van der Waals surface area contributed by atoms with Crippen LogP contribution in [0.5, 0.6) is 11.5 Å². The summed E-state index contributed by atoms with van der Waals surface area (Å²) in [6.07, 6.45) is 0. The fourth-order valence-corrected chi connectivity index (χ4v) is 2.46. The summed E-state index contributed by atoms with van der Waals surface area (Å²) < 4.78 is 12.1. The molecule has 0 fully saturated rings. The fraction of sp³-hybridized carbons (Fsp3) is 0.200. The van der Waals surface area contributed by atoms with Gasteiger partial charge in [0.1, 0.15) is 24.7 Å². The Morgan fingerprint density at radius 1 is 1.05 bits per heavy atom. The summed E-state index contributed by atoms with van der Waals surface area (Å²) >= 11 is 9.27. The van der Waals surface area contributed by atoms with Crippen LogP contribution in [-0.4, -0.2) is 13.2 Å². The average Bonchev–Trinajstić information content (AvgIpc) is 2.45. The molecular weight excluding hydrogens is 342 g/mol. The molecule has 20 heavy (non-hydrogen) atoms. The van der Waals surface area contributed by atoms with E-state index < -0.39 is 0 Å². The number of nitrogens with two attached hydrogens (primary N) is 1. The summed E-state index contributed by atoms with van der Waals surface area (Å²) in [5.74, 6) is 1.54. The van der Waals surface area contributed by atoms with E-state index in [1.807, 2.05) is 30.3 Å². The van der Waals surface area contributed by atoms with Crippen LogP contribution in [0.25, 0.3) is 0 Å². The second-order valence-corrected chi connectivity index (χ2v) is 5.41. The van der Waals surface area contributed by atoms with E-state index >= 15 is 0 Å². The molecule has 2 aromatic carbocycles. The molecule has 0 spiro atoms. The second kappa shape index (κ2) is 7.53. The lowest BCUT2D eigenvalue weighted by atomic mass is 10.2. The minimum Gasteiger partial charge on any atom is -0.490 e. The number of halogens is 2. The predicted molar refractivity (Wildman–Crippen MR) is 84.5 cm³/mol. The number of benzene rings is 2. The lowest BCUT2D eigenvalue weighted by Gasteiger charge is -2.10. The van der Waals surface area contributed by atoms with Gasteiger partial charge in [-0.05, 0) is 51.8 Å². The predicted octanol–water partition coefficient (Wildman–Crippen LogP) is 4.02. The molecule has 2 N–H and O–H groups in total. The van der Waals surface area contributed by atoms with Gasteiger partial charge in [0.25, 0.3) is 0 Å². The zero-order valence-electron chi connectivity index (χ0n) is 10.8. The highest BCUT2D eigenvalue weighted by Gasteiger charge is 2.02. The topological polar surface area (TPSA) is 44.5 Å². The van der Waals surface area contributed by atoms with Gasteiger partial charge in [-0.2, -0.15) is 0 Å². The van der Waals surface area contributed by atoms with Crippen molar-refractivity contribution in [1.82, 2.24) is 0 Å². The molecule has 0 bridgehead atoms. The van der Waals surface area contributed by atoms with E-state index in [0.717, 1.165) is 21.5 Å². The van der Waals surface area contributed by atoms with Crippen molar-refractivity contribution in [1.29, 1.82) is 0 Å². The Hall–Kier alpha value is -1.23. The summed E-state index contributed by atoms with van der Waals surface area (Å²) in [7, 11) is 0. The van der Waals surface area contributed by atoms with Gasteiger partial charge in [-0.25, -0.2) is 0 Å². The molecule has 0 heterocycles. The highest BCUT2D eigenvalue weighted by Crippen LogP contribution is 2.27. The van der Waals surface area contributed by atoms with Gasteiger partial charge in [0, 0.05) is 11.6 Å². The van der Waals surface area contributed by atoms with Gasteiger partial charge in [-0.15, -0.1) is 0 Å². The molecule has 0 atom stereocenters.